The number of amides is 1. The second-order valence-electron chi connectivity index (χ2n) is 3.73. The summed E-state index contributed by atoms with van der Waals surface area (Å²) in [6.45, 7) is 2.11. The smallest absolute Gasteiger partial charge is 0.247 e. The Kier molecular flexibility index (Phi) is 4.98. The van der Waals surface area contributed by atoms with Gasteiger partial charge in [0.2, 0.25) is 5.91 Å². The molecule has 0 saturated heterocycles. The van der Waals surface area contributed by atoms with Crippen LogP contribution in [0.25, 0.3) is 0 Å². The molecule has 1 rings (SSSR count). The third-order valence-corrected chi connectivity index (χ3v) is 2.60. The van der Waals surface area contributed by atoms with Crippen molar-refractivity contribution < 1.29 is 9.63 Å². The van der Waals surface area contributed by atoms with E-state index in [1.165, 1.54) is 12.2 Å². The fourth-order valence-electron chi connectivity index (χ4n) is 1.61. The van der Waals surface area contributed by atoms with Crippen LogP contribution in [-0.4, -0.2) is 34.7 Å². The summed E-state index contributed by atoms with van der Waals surface area (Å²) in [6, 6.07) is 0.164. The molecule has 16 heavy (non-hydrogen) atoms. The van der Waals surface area contributed by atoms with E-state index in [0.29, 0.717) is 6.42 Å². The molecule has 0 N–H and O–H groups in total. The van der Waals surface area contributed by atoms with Crippen LogP contribution in [0.5, 0.6) is 0 Å². The molecule has 1 unspecified atom stereocenters. The quantitative estimate of drug-likeness (QED) is 0.691. The van der Waals surface area contributed by atoms with Crippen molar-refractivity contribution in [3.05, 3.63) is 18.7 Å². The minimum atomic E-state index is -0.0188. The number of imidazole rings is 1. The Morgan fingerprint density at radius 3 is 2.88 bits per heavy atom. The first-order chi connectivity index (χ1) is 7.69. The minimum Gasteiger partial charge on any atom is -0.334 e. The Morgan fingerprint density at radius 2 is 2.38 bits per heavy atom. The van der Waals surface area contributed by atoms with Gasteiger partial charge >= 0.3 is 0 Å². The summed E-state index contributed by atoms with van der Waals surface area (Å²) >= 11 is 0. The lowest BCUT2D eigenvalue weighted by atomic mass is 10.1. The molecule has 1 amide bonds. The van der Waals surface area contributed by atoms with E-state index in [-0.39, 0.29) is 11.9 Å². The Balaban J connectivity index is 2.62. The first-order valence-electron chi connectivity index (χ1n) is 5.47. The zero-order valence-electron chi connectivity index (χ0n) is 10.1. The first kappa shape index (κ1) is 12.7. The van der Waals surface area contributed by atoms with Gasteiger partial charge in [0.25, 0.3) is 0 Å². The van der Waals surface area contributed by atoms with Gasteiger partial charge in [0.15, 0.2) is 0 Å². The zero-order chi connectivity index (χ0) is 12.0. The van der Waals surface area contributed by atoms with Gasteiger partial charge in [0.05, 0.1) is 13.4 Å². The van der Waals surface area contributed by atoms with Gasteiger partial charge < -0.3 is 4.57 Å². The number of hydroxylamine groups is 2. The fraction of sp³-hybridized carbons (Fsp3) is 0.636. The van der Waals surface area contributed by atoms with Crippen LogP contribution >= 0.6 is 0 Å². The Bertz CT molecular complexity index is 311. The van der Waals surface area contributed by atoms with E-state index in [4.69, 9.17) is 4.84 Å². The third-order valence-electron chi connectivity index (χ3n) is 2.60. The molecule has 0 radical (unpaired) electrons. The minimum absolute atomic E-state index is 0.0188. The average Bonchev–Trinajstić information content (AvgIpc) is 2.80. The number of aromatic nitrogens is 2. The number of carbonyl (C=O) groups is 1. The molecule has 5 heteroatoms. The molecule has 0 aliphatic carbocycles. The Labute approximate surface area is 96.0 Å². The van der Waals surface area contributed by atoms with Crippen LogP contribution in [0.4, 0.5) is 0 Å². The summed E-state index contributed by atoms with van der Waals surface area (Å²) < 4.78 is 1.98. The molecule has 0 bridgehead atoms. The maximum absolute atomic E-state index is 11.7. The molecule has 0 aromatic carbocycles. The summed E-state index contributed by atoms with van der Waals surface area (Å²) in [5.74, 6) is -0.0188. The molecular weight excluding hydrogens is 206 g/mol. The molecule has 1 heterocycles. The molecule has 90 valence electrons. The van der Waals surface area contributed by atoms with Crippen molar-refractivity contribution in [1.29, 1.82) is 0 Å². The second-order valence-corrected chi connectivity index (χ2v) is 3.73. The van der Waals surface area contributed by atoms with E-state index in [1.807, 2.05) is 10.8 Å². The average molecular weight is 225 g/mol. The van der Waals surface area contributed by atoms with Gasteiger partial charge in [-0.15, -0.1) is 0 Å². The molecule has 5 nitrogen and oxygen atoms in total. The fourth-order valence-corrected chi connectivity index (χ4v) is 1.61. The number of hydrogen-bond donors (Lipinski definition) is 0. The van der Waals surface area contributed by atoms with Gasteiger partial charge in [0, 0.05) is 31.9 Å². The predicted octanol–water partition coefficient (Wildman–Crippen LogP) is 1.63. The number of carbonyl (C=O) groups excluding carboxylic acids is 1. The molecule has 0 aliphatic heterocycles. The Hall–Kier alpha value is -1.36. The molecule has 1 aromatic heterocycles. The summed E-state index contributed by atoms with van der Waals surface area (Å²) in [5, 5.41) is 1.26. The van der Waals surface area contributed by atoms with E-state index >= 15 is 0 Å². The highest BCUT2D eigenvalue weighted by Gasteiger charge is 2.17. The molecule has 1 atom stereocenters. The SMILES string of the molecule is CCCC(CC(=O)N(C)OC)n1ccnc1. The summed E-state index contributed by atoms with van der Waals surface area (Å²) in [4.78, 5) is 20.6. The molecule has 0 aliphatic rings. The number of hydrogen-bond acceptors (Lipinski definition) is 3. The molecule has 0 fully saturated rings. The van der Waals surface area contributed by atoms with Crippen molar-refractivity contribution >= 4 is 5.91 Å². The second kappa shape index (κ2) is 6.27. The van der Waals surface area contributed by atoms with E-state index in [9.17, 15) is 4.79 Å². The van der Waals surface area contributed by atoms with E-state index < -0.39 is 0 Å². The maximum Gasteiger partial charge on any atom is 0.247 e. The van der Waals surface area contributed by atoms with Crippen LogP contribution in [0.3, 0.4) is 0 Å². The molecule has 0 saturated carbocycles. The van der Waals surface area contributed by atoms with E-state index in [1.54, 1.807) is 19.6 Å². The maximum atomic E-state index is 11.7. The molecular formula is C11H19N3O2. The van der Waals surface area contributed by atoms with Gasteiger partial charge in [-0.2, -0.15) is 0 Å². The van der Waals surface area contributed by atoms with Crippen LogP contribution in [0.2, 0.25) is 0 Å². The van der Waals surface area contributed by atoms with Crippen molar-refractivity contribution in [2.45, 2.75) is 32.2 Å². The van der Waals surface area contributed by atoms with E-state index in [0.717, 1.165) is 12.8 Å². The summed E-state index contributed by atoms with van der Waals surface area (Å²) in [6.07, 6.45) is 7.80. The summed E-state index contributed by atoms with van der Waals surface area (Å²) in [7, 11) is 3.11. The van der Waals surface area contributed by atoms with Gasteiger partial charge in [0.1, 0.15) is 0 Å². The lowest BCUT2D eigenvalue weighted by Gasteiger charge is -2.20. The van der Waals surface area contributed by atoms with Crippen molar-refractivity contribution in [3.63, 3.8) is 0 Å². The van der Waals surface area contributed by atoms with Crippen LogP contribution in [0.1, 0.15) is 32.2 Å². The topological polar surface area (TPSA) is 47.4 Å². The molecule has 0 spiro atoms. The first-order valence-corrected chi connectivity index (χ1v) is 5.47. The number of nitrogens with zero attached hydrogens (tertiary/aromatic N) is 3. The third kappa shape index (κ3) is 3.34. The lowest BCUT2D eigenvalue weighted by Crippen LogP contribution is -2.28. The zero-order valence-corrected chi connectivity index (χ0v) is 10.1. The van der Waals surface area contributed by atoms with Gasteiger partial charge in [-0.1, -0.05) is 13.3 Å². The van der Waals surface area contributed by atoms with Crippen LogP contribution in [-0.2, 0) is 9.63 Å². The highest BCUT2D eigenvalue weighted by molar-refractivity contribution is 5.75. The lowest BCUT2D eigenvalue weighted by molar-refractivity contribution is -0.169. The molecule has 1 aromatic rings. The normalized spacial score (nSPS) is 12.4. The standard InChI is InChI=1S/C11H19N3O2/c1-4-5-10(14-7-6-12-9-14)8-11(15)13(2)16-3/h6-7,9-10H,4-5,8H2,1-3H3. The van der Waals surface area contributed by atoms with Gasteiger partial charge in [-0.25, -0.2) is 10.0 Å². The van der Waals surface area contributed by atoms with Crippen molar-refractivity contribution in [1.82, 2.24) is 14.6 Å². The van der Waals surface area contributed by atoms with Gasteiger partial charge in [-0.05, 0) is 6.42 Å². The van der Waals surface area contributed by atoms with Crippen LogP contribution in [0, 0.1) is 0 Å². The van der Waals surface area contributed by atoms with Gasteiger partial charge in [-0.3, -0.25) is 9.63 Å². The predicted molar refractivity (Wildman–Crippen MR) is 60.6 cm³/mol. The largest absolute Gasteiger partial charge is 0.334 e. The van der Waals surface area contributed by atoms with Crippen LogP contribution < -0.4 is 0 Å². The van der Waals surface area contributed by atoms with E-state index in [2.05, 4.69) is 11.9 Å². The highest BCUT2D eigenvalue weighted by Crippen LogP contribution is 2.18. The van der Waals surface area contributed by atoms with Crippen LogP contribution in [0.15, 0.2) is 18.7 Å². The van der Waals surface area contributed by atoms with Crippen molar-refractivity contribution in [2.24, 2.45) is 0 Å². The van der Waals surface area contributed by atoms with Crippen molar-refractivity contribution in [2.75, 3.05) is 14.2 Å². The Morgan fingerprint density at radius 1 is 1.62 bits per heavy atom. The highest BCUT2D eigenvalue weighted by atomic mass is 16.7. The summed E-state index contributed by atoms with van der Waals surface area (Å²) in [5.41, 5.74) is 0. The van der Waals surface area contributed by atoms with Crippen molar-refractivity contribution in [3.8, 4) is 0 Å². The monoisotopic (exact) mass is 225 g/mol. The number of rotatable bonds is 6.